The van der Waals surface area contributed by atoms with E-state index in [2.05, 4.69) is 14.5 Å². The average Bonchev–Trinajstić information content (AvgIpc) is 2.77. The number of hydrogen-bond donors (Lipinski definition) is 0. The van der Waals surface area contributed by atoms with Gasteiger partial charge in [-0.15, -0.1) is 11.3 Å². The maximum absolute atomic E-state index is 12.5. The lowest BCUT2D eigenvalue weighted by atomic mass is 10.4. The number of nitrogens with zero attached hydrogens (tertiary/aromatic N) is 1. The molecule has 0 bridgehead atoms. The highest BCUT2D eigenvalue weighted by molar-refractivity contribution is 7.09. The van der Waals surface area contributed by atoms with Crippen LogP contribution in [0.4, 0.5) is 17.6 Å². The molecule has 0 fully saturated rings. The molecular formula is C10H11F4NO3S. The number of ether oxygens (including phenoxy) is 2. The molecule has 0 radical (unpaired) electrons. The van der Waals surface area contributed by atoms with Gasteiger partial charge in [0.15, 0.2) is 5.69 Å². The minimum absolute atomic E-state index is 0.0334. The van der Waals surface area contributed by atoms with E-state index in [9.17, 15) is 22.4 Å². The summed E-state index contributed by atoms with van der Waals surface area (Å²) in [5.41, 5.74) is 0.0334. The smallest absolute Gasteiger partial charge is 0.357 e. The summed E-state index contributed by atoms with van der Waals surface area (Å²) in [6.45, 7) is 0.0366. The molecule has 0 aliphatic heterocycles. The van der Waals surface area contributed by atoms with Gasteiger partial charge in [-0.05, 0) is 6.92 Å². The van der Waals surface area contributed by atoms with Crippen molar-refractivity contribution >= 4 is 17.3 Å². The van der Waals surface area contributed by atoms with Crippen molar-refractivity contribution in [1.29, 1.82) is 0 Å². The van der Waals surface area contributed by atoms with Crippen LogP contribution in [0.2, 0.25) is 0 Å². The Bertz CT molecular complexity index is 425. The van der Waals surface area contributed by atoms with E-state index in [-0.39, 0.29) is 23.9 Å². The molecule has 0 saturated carbocycles. The fourth-order valence-corrected chi connectivity index (χ4v) is 1.71. The Morgan fingerprint density at radius 3 is 2.79 bits per heavy atom. The predicted molar refractivity (Wildman–Crippen MR) is 58.7 cm³/mol. The molecule has 1 aromatic rings. The first kappa shape index (κ1) is 15.8. The van der Waals surface area contributed by atoms with Gasteiger partial charge in [0.2, 0.25) is 0 Å². The van der Waals surface area contributed by atoms with E-state index in [0.29, 0.717) is 0 Å². The Balaban J connectivity index is 2.45. The summed E-state index contributed by atoms with van der Waals surface area (Å²) in [7, 11) is 0. The molecule has 1 heterocycles. The van der Waals surface area contributed by atoms with E-state index in [1.165, 1.54) is 5.38 Å². The molecule has 0 amide bonds. The second kappa shape index (κ2) is 6.80. The van der Waals surface area contributed by atoms with Crippen LogP contribution in [0.1, 0.15) is 22.4 Å². The number of aromatic nitrogens is 1. The summed E-state index contributed by atoms with van der Waals surface area (Å²) >= 11 is 0.993. The third kappa shape index (κ3) is 4.75. The van der Waals surface area contributed by atoms with Gasteiger partial charge in [-0.2, -0.15) is 8.78 Å². The molecule has 108 valence electrons. The second-order valence-corrected chi connectivity index (χ2v) is 4.34. The lowest BCUT2D eigenvalue weighted by molar-refractivity contribution is -0.168. The molecule has 0 unspecified atom stereocenters. The molecule has 19 heavy (non-hydrogen) atoms. The van der Waals surface area contributed by atoms with Crippen molar-refractivity contribution in [3.8, 4) is 0 Å². The Morgan fingerprint density at radius 1 is 1.53 bits per heavy atom. The first-order valence-corrected chi connectivity index (χ1v) is 6.10. The Kier molecular flexibility index (Phi) is 5.67. The van der Waals surface area contributed by atoms with Crippen molar-refractivity contribution in [1.82, 2.24) is 4.98 Å². The molecule has 0 N–H and O–H groups in total. The molecular weight excluding hydrogens is 290 g/mol. The van der Waals surface area contributed by atoms with Crippen LogP contribution in [0.25, 0.3) is 0 Å². The maximum atomic E-state index is 12.5. The number of esters is 1. The summed E-state index contributed by atoms with van der Waals surface area (Å²) < 4.78 is 57.8. The monoisotopic (exact) mass is 301 g/mol. The van der Waals surface area contributed by atoms with Gasteiger partial charge in [0, 0.05) is 5.38 Å². The van der Waals surface area contributed by atoms with Crippen LogP contribution in [0.3, 0.4) is 0 Å². The zero-order chi connectivity index (χ0) is 14.5. The van der Waals surface area contributed by atoms with Gasteiger partial charge in [-0.25, -0.2) is 18.6 Å². The summed E-state index contributed by atoms with van der Waals surface area (Å²) in [4.78, 5) is 15.0. The Labute approximate surface area is 110 Å². The normalized spacial score (nSPS) is 11.9. The van der Waals surface area contributed by atoms with Crippen molar-refractivity contribution in [3.05, 3.63) is 16.1 Å². The van der Waals surface area contributed by atoms with Crippen LogP contribution < -0.4 is 0 Å². The van der Waals surface area contributed by atoms with Crippen molar-refractivity contribution in [2.75, 3.05) is 13.2 Å². The predicted octanol–water partition coefficient (Wildman–Crippen LogP) is 2.74. The van der Waals surface area contributed by atoms with Gasteiger partial charge >= 0.3 is 18.3 Å². The summed E-state index contributed by atoms with van der Waals surface area (Å²) in [5.74, 6) is -4.83. The largest absolute Gasteiger partial charge is 0.461 e. The van der Waals surface area contributed by atoms with E-state index in [4.69, 9.17) is 0 Å². The Hall–Kier alpha value is -1.22. The number of alkyl halides is 4. The molecule has 0 aliphatic carbocycles. The minimum Gasteiger partial charge on any atom is -0.461 e. The van der Waals surface area contributed by atoms with Crippen LogP contribution in [-0.4, -0.2) is 36.5 Å². The topological polar surface area (TPSA) is 48.4 Å². The number of halogens is 4. The molecule has 1 aromatic heterocycles. The molecule has 0 spiro atoms. The summed E-state index contributed by atoms with van der Waals surface area (Å²) in [6.07, 6.45) is -3.78. The highest BCUT2D eigenvalue weighted by atomic mass is 32.1. The molecule has 1 rings (SSSR count). The Morgan fingerprint density at radius 2 is 2.21 bits per heavy atom. The highest BCUT2D eigenvalue weighted by Crippen LogP contribution is 2.23. The number of carbonyl (C=O) groups excluding carboxylic acids is 1. The lowest BCUT2D eigenvalue weighted by Crippen LogP contribution is -2.32. The molecule has 9 heteroatoms. The third-order valence-electron chi connectivity index (χ3n) is 1.88. The van der Waals surface area contributed by atoms with Gasteiger partial charge in [0.1, 0.15) is 11.6 Å². The second-order valence-electron chi connectivity index (χ2n) is 3.40. The van der Waals surface area contributed by atoms with Gasteiger partial charge in [-0.1, -0.05) is 0 Å². The number of hydrogen-bond acceptors (Lipinski definition) is 5. The standard InChI is InChI=1S/C10H11F4NO3S/c1-2-18-8(16)6-4-19-7(15-6)3-17-5-10(13,14)9(11)12/h4,9H,2-3,5H2,1H3. The average molecular weight is 301 g/mol. The number of thiazole rings is 1. The van der Waals surface area contributed by atoms with Crippen molar-refractivity contribution in [2.24, 2.45) is 0 Å². The van der Waals surface area contributed by atoms with Crippen LogP contribution in [0.15, 0.2) is 5.38 Å². The molecule has 0 aliphatic rings. The van der Waals surface area contributed by atoms with Crippen LogP contribution in [0.5, 0.6) is 0 Å². The van der Waals surface area contributed by atoms with E-state index in [1.54, 1.807) is 6.92 Å². The highest BCUT2D eigenvalue weighted by Gasteiger charge is 2.41. The molecule has 0 aromatic carbocycles. The zero-order valence-electron chi connectivity index (χ0n) is 9.87. The maximum Gasteiger partial charge on any atom is 0.357 e. The fourth-order valence-electron chi connectivity index (χ4n) is 1.01. The van der Waals surface area contributed by atoms with Gasteiger partial charge in [-0.3, -0.25) is 0 Å². The van der Waals surface area contributed by atoms with Crippen LogP contribution in [-0.2, 0) is 16.1 Å². The SMILES string of the molecule is CCOC(=O)c1csc(COCC(F)(F)C(F)F)n1. The van der Waals surface area contributed by atoms with E-state index in [0.717, 1.165) is 11.3 Å². The van der Waals surface area contributed by atoms with Crippen LogP contribution >= 0.6 is 11.3 Å². The van der Waals surface area contributed by atoms with Crippen molar-refractivity contribution in [3.63, 3.8) is 0 Å². The van der Waals surface area contributed by atoms with Crippen molar-refractivity contribution < 1.29 is 31.8 Å². The third-order valence-corrected chi connectivity index (χ3v) is 2.70. The fraction of sp³-hybridized carbons (Fsp3) is 0.600. The van der Waals surface area contributed by atoms with Crippen LogP contribution in [0, 0.1) is 0 Å². The number of rotatable bonds is 7. The first-order valence-electron chi connectivity index (χ1n) is 5.22. The first-order chi connectivity index (χ1) is 8.86. The molecule has 4 nitrogen and oxygen atoms in total. The zero-order valence-corrected chi connectivity index (χ0v) is 10.7. The number of carbonyl (C=O) groups is 1. The quantitative estimate of drug-likeness (QED) is 0.574. The van der Waals surface area contributed by atoms with Gasteiger partial charge in [0.25, 0.3) is 0 Å². The van der Waals surface area contributed by atoms with E-state index < -0.39 is 24.9 Å². The summed E-state index contributed by atoms with van der Waals surface area (Å²) in [5, 5.41) is 1.61. The van der Waals surface area contributed by atoms with E-state index >= 15 is 0 Å². The minimum atomic E-state index is -4.19. The van der Waals surface area contributed by atoms with Gasteiger partial charge in [0.05, 0.1) is 13.2 Å². The van der Waals surface area contributed by atoms with Crippen molar-refractivity contribution in [2.45, 2.75) is 25.9 Å². The summed E-state index contributed by atoms with van der Waals surface area (Å²) in [6, 6.07) is 0. The van der Waals surface area contributed by atoms with Gasteiger partial charge < -0.3 is 9.47 Å². The molecule has 0 saturated heterocycles. The molecule has 0 atom stereocenters. The lowest BCUT2D eigenvalue weighted by Gasteiger charge is -2.14. The van der Waals surface area contributed by atoms with E-state index in [1.807, 2.05) is 0 Å².